The highest BCUT2D eigenvalue weighted by Crippen LogP contribution is 2.30. The van der Waals surface area contributed by atoms with E-state index in [-0.39, 0.29) is 17.8 Å². The first-order valence-corrected chi connectivity index (χ1v) is 9.50. The summed E-state index contributed by atoms with van der Waals surface area (Å²) in [7, 11) is 0. The van der Waals surface area contributed by atoms with Crippen LogP contribution in [-0.4, -0.2) is 18.5 Å². The Kier molecular flexibility index (Phi) is 6.47. The Hall–Kier alpha value is -2.82. The Morgan fingerprint density at radius 1 is 0.926 bits per heavy atom. The molecule has 0 saturated heterocycles. The number of carbonyl (C=O) groups is 1. The van der Waals surface area contributed by atoms with Gasteiger partial charge in [0.25, 0.3) is 0 Å². The Bertz CT molecular complexity index is 760. The summed E-state index contributed by atoms with van der Waals surface area (Å²) in [5.74, 6) is 1.02. The Morgan fingerprint density at radius 2 is 1.56 bits per heavy atom. The average Bonchev–Trinajstić information content (AvgIpc) is 2.69. The first-order valence-electron chi connectivity index (χ1n) is 9.50. The van der Waals surface area contributed by atoms with Crippen LogP contribution >= 0.6 is 0 Å². The maximum absolute atomic E-state index is 12.4. The molecule has 0 unspecified atom stereocenters. The van der Waals surface area contributed by atoms with Crippen LogP contribution in [0.1, 0.15) is 36.8 Å². The highest BCUT2D eigenvalue weighted by Gasteiger charge is 2.27. The van der Waals surface area contributed by atoms with Gasteiger partial charge in [-0.1, -0.05) is 42.5 Å². The number of aliphatic imine (C=N–C) groups is 1. The van der Waals surface area contributed by atoms with Gasteiger partial charge in [0.1, 0.15) is 5.75 Å². The number of guanidine groups is 1. The molecule has 1 fully saturated rings. The summed E-state index contributed by atoms with van der Waals surface area (Å²) in [4.78, 5) is 16.5. The second kappa shape index (κ2) is 9.21. The molecule has 1 aliphatic rings. The minimum absolute atomic E-state index is 0.0375. The molecule has 27 heavy (non-hydrogen) atoms. The smallest absolute Gasteiger partial charge is 0.314 e. The first-order chi connectivity index (χ1) is 13.1. The van der Waals surface area contributed by atoms with Crippen molar-refractivity contribution in [2.24, 2.45) is 28.3 Å². The van der Waals surface area contributed by atoms with E-state index in [2.05, 4.69) is 17.1 Å². The van der Waals surface area contributed by atoms with Crippen molar-refractivity contribution in [1.82, 2.24) is 0 Å². The van der Waals surface area contributed by atoms with E-state index in [0.29, 0.717) is 18.2 Å². The molecule has 5 nitrogen and oxygen atoms in total. The van der Waals surface area contributed by atoms with Crippen molar-refractivity contribution >= 4 is 11.9 Å². The van der Waals surface area contributed by atoms with Gasteiger partial charge in [0.05, 0.1) is 5.92 Å². The number of benzene rings is 2. The van der Waals surface area contributed by atoms with Gasteiger partial charge in [0.15, 0.2) is 5.96 Å². The SMILES string of the molecule is NC(N)=NCC1CCC(C(=O)Oc2ccc(Cc3ccccc3)cc2)CC1. The summed E-state index contributed by atoms with van der Waals surface area (Å²) in [5, 5.41) is 0. The number of ether oxygens (including phenoxy) is 1. The molecule has 0 amide bonds. The zero-order valence-corrected chi connectivity index (χ0v) is 15.5. The van der Waals surface area contributed by atoms with Crippen LogP contribution in [0.4, 0.5) is 0 Å². The molecule has 0 aromatic heterocycles. The van der Waals surface area contributed by atoms with E-state index in [9.17, 15) is 4.79 Å². The molecule has 4 N–H and O–H groups in total. The minimum atomic E-state index is -0.133. The maximum Gasteiger partial charge on any atom is 0.314 e. The van der Waals surface area contributed by atoms with Crippen molar-refractivity contribution in [2.75, 3.05) is 6.54 Å². The first kappa shape index (κ1) is 19.0. The molecule has 0 heterocycles. The molecule has 1 aliphatic carbocycles. The maximum atomic E-state index is 12.4. The second-order valence-corrected chi connectivity index (χ2v) is 7.21. The Balaban J connectivity index is 1.48. The fourth-order valence-electron chi connectivity index (χ4n) is 3.52. The van der Waals surface area contributed by atoms with Gasteiger partial charge in [-0.3, -0.25) is 9.79 Å². The molecular weight excluding hydrogens is 338 g/mol. The molecular formula is C22H27N3O2. The van der Waals surface area contributed by atoms with Crippen molar-refractivity contribution in [3.05, 3.63) is 65.7 Å². The van der Waals surface area contributed by atoms with Crippen molar-refractivity contribution in [3.63, 3.8) is 0 Å². The summed E-state index contributed by atoms with van der Waals surface area (Å²) < 4.78 is 5.59. The van der Waals surface area contributed by atoms with E-state index >= 15 is 0 Å². The number of esters is 1. The number of nitrogens with zero attached hydrogens (tertiary/aromatic N) is 1. The molecule has 2 aromatic carbocycles. The topological polar surface area (TPSA) is 90.7 Å². The van der Waals surface area contributed by atoms with Gasteiger partial charge < -0.3 is 16.2 Å². The largest absolute Gasteiger partial charge is 0.426 e. The molecule has 1 saturated carbocycles. The third kappa shape index (κ3) is 5.84. The predicted molar refractivity (Wildman–Crippen MR) is 107 cm³/mol. The summed E-state index contributed by atoms with van der Waals surface area (Å²) in [6.45, 7) is 0.646. The molecule has 0 bridgehead atoms. The lowest BCUT2D eigenvalue weighted by molar-refractivity contribution is -0.140. The summed E-state index contributed by atoms with van der Waals surface area (Å²) in [5.41, 5.74) is 13.2. The number of rotatable bonds is 6. The monoisotopic (exact) mass is 365 g/mol. The number of nitrogens with two attached hydrogens (primary N) is 2. The third-order valence-electron chi connectivity index (χ3n) is 5.11. The van der Waals surface area contributed by atoms with Crippen LogP contribution in [0.5, 0.6) is 5.75 Å². The van der Waals surface area contributed by atoms with Gasteiger partial charge in [0.2, 0.25) is 0 Å². The van der Waals surface area contributed by atoms with Gasteiger partial charge in [-0.15, -0.1) is 0 Å². The fraction of sp³-hybridized carbons (Fsp3) is 0.364. The summed E-state index contributed by atoms with van der Waals surface area (Å²) in [6.07, 6.45) is 4.43. The van der Waals surface area contributed by atoms with Crippen molar-refractivity contribution in [2.45, 2.75) is 32.1 Å². The Labute approximate surface area is 160 Å². The zero-order valence-electron chi connectivity index (χ0n) is 15.5. The lowest BCUT2D eigenvalue weighted by Gasteiger charge is -2.26. The van der Waals surface area contributed by atoms with Crippen molar-refractivity contribution in [3.8, 4) is 5.75 Å². The molecule has 0 atom stereocenters. The highest BCUT2D eigenvalue weighted by atomic mass is 16.5. The molecule has 0 aliphatic heterocycles. The molecule has 3 rings (SSSR count). The molecule has 2 aromatic rings. The molecule has 142 valence electrons. The van der Waals surface area contributed by atoms with E-state index in [4.69, 9.17) is 16.2 Å². The van der Waals surface area contributed by atoms with Crippen LogP contribution in [0.3, 0.4) is 0 Å². The number of hydrogen-bond acceptors (Lipinski definition) is 3. The fourth-order valence-corrected chi connectivity index (χ4v) is 3.52. The van der Waals surface area contributed by atoms with Crippen molar-refractivity contribution in [1.29, 1.82) is 0 Å². The van der Waals surface area contributed by atoms with Gasteiger partial charge in [-0.05, 0) is 61.3 Å². The number of carbonyl (C=O) groups excluding carboxylic acids is 1. The van der Waals surface area contributed by atoms with E-state index in [1.54, 1.807) is 0 Å². The van der Waals surface area contributed by atoms with Gasteiger partial charge in [-0.25, -0.2) is 0 Å². The summed E-state index contributed by atoms with van der Waals surface area (Å²) in [6, 6.07) is 18.1. The summed E-state index contributed by atoms with van der Waals surface area (Å²) >= 11 is 0. The molecule has 0 radical (unpaired) electrons. The van der Waals surface area contributed by atoms with Crippen LogP contribution < -0.4 is 16.2 Å². The minimum Gasteiger partial charge on any atom is -0.426 e. The average molecular weight is 365 g/mol. The number of hydrogen-bond donors (Lipinski definition) is 2. The molecule has 5 heteroatoms. The predicted octanol–water partition coefficient (Wildman–Crippen LogP) is 3.26. The van der Waals surface area contributed by atoms with Gasteiger partial charge >= 0.3 is 5.97 Å². The molecule has 0 spiro atoms. The van der Waals surface area contributed by atoms with Gasteiger partial charge in [0, 0.05) is 6.54 Å². The van der Waals surface area contributed by atoms with Crippen LogP contribution in [0, 0.1) is 11.8 Å². The van der Waals surface area contributed by atoms with Crippen LogP contribution in [0.2, 0.25) is 0 Å². The lowest BCUT2D eigenvalue weighted by atomic mass is 9.82. The van der Waals surface area contributed by atoms with Crippen LogP contribution in [0.15, 0.2) is 59.6 Å². The zero-order chi connectivity index (χ0) is 19.1. The van der Waals surface area contributed by atoms with E-state index in [0.717, 1.165) is 32.1 Å². The van der Waals surface area contributed by atoms with E-state index in [1.165, 1.54) is 11.1 Å². The normalized spacial score (nSPS) is 19.3. The standard InChI is InChI=1S/C22H27N3O2/c23-22(24)25-15-18-6-10-19(11-7-18)21(26)27-20-12-8-17(9-13-20)14-16-4-2-1-3-5-16/h1-5,8-9,12-13,18-19H,6-7,10-11,14-15H2,(H4,23,24,25). The quantitative estimate of drug-likeness (QED) is 0.356. The second-order valence-electron chi connectivity index (χ2n) is 7.21. The van der Waals surface area contributed by atoms with Crippen LogP contribution in [0.25, 0.3) is 0 Å². The van der Waals surface area contributed by atoms with E-state index in [1.807, 2.05) is 42.5 Å². The van der Waals surface area contributed by atoms with Crippen molar-refractivity contribution < 1.29 is 9.53 Å². The van der Waals surface area contributed by atoms with Crippen LogP contribution in [-0.2, 0) is 11.2 Å². The highest BCUT2D eigenvalue weighted by molar-refractivity contribution is 5.76. The van der Waals surface area contributed by atoms with Gasteiger partial charge in [-0.2, -0.15) is 0 Å². The Morgan fingerprint density at radius 3 is 2.19 bits per heavy atom. The van der Waals surface area contributed by atoms with E-state index < -0.39 is 0 Å². The lowest BCUT2D eigenvalue weighted by Crippen LogP contribution is -2.28. The third-order valence-corrected chi connectivity index (χ3v) is 5.11.